The van der Waals surface area contributed by atoms with E-state index in [1.54, 1.807) is 0 Å². The molecule has 2 aliphatic carbocycles. The van der Waals surface area contributed by atoms with Gasteiger partial charge in [-0.15, -0.1) is 0 Å². The highest BCUT2D eigenvalue weighted by Gasteiger charge is 2.43. The summed E-state index contributed by atoms with van der Waals surface area (Å²) < 4.78 is 0. The van der Waals surface area contributed by atoms with Crippen molar-refractivity contribution in [2.75, 3.05) is 6.54 Å². The summed E-state index contributed by atoms with van der Waals surface area (Å²) in [6, 6.07) is 8.60. The maximum absolute atomic E-state index is 10.9. The second kappa shape index (κ2) is 5.50. The van der Waals surface area contributed by atoms with Gasteiger partial charge in [0.05, 0.1) is 6.10 Å². The molecule has 3 atom stereocenters. The van der Waals surface area contributed by atoms with Gasteiger partial charge in [-0.25, -0.2) is 0 Å². The summed E-state index contributed by atoms with van der Waals surface area (Å²) in [7, 11) is 0. The lowest BCUT2D eigenvalue weighted by molar-refractivity contribution is 0.0301. The first-order chi connectivity index (χ1) is 9.68. The molecule has 0 aliphatic heterocycles. The molecule has 3 unspecified atom stereocenters. The lowest BCUT2D eigenvalue weighted by atomic mass is 9.76. The Labute approximate surface area is 122 Å². The van der Waals surface area contributed by atoms with Crippen LogP contribution < -0.4 is 5.73 Å². The summed E-state index contributed by atoms with van der Waals surface area (Å²) in [4.78, 5) is 0. The quantitative estimate of drug-likeness (QED) is 0.858. The zero-order valence-corrected chi connectivity index (χ0v) is 12.5. The van der Waals surface area contributed by atoms with Gasteiger partial charge in [-0.05, 0) is 55.1 Å². The summed E-state index contributed by atoms with van der Waals surface area (Å²) >= 11 is 0. The van der Waals surface area contributed by atoms with E-state index in [1.165, 1.54) is 31.2 Å². The van der Waals surface area contributed by atoms with Crippen LogP contribution in [0.2, 0.25) is 0 Å². The highest BCUT2D eigenvalue weighted by molar-refractivity contribution is 5.31. The second-order valence-corrected chi connectivity index (χ2v) is 6.93. The molecule has 0 radical (unpaired) electrons. The summed E-state index contributed by atoms with van der Waals surface area (Å²) in [6.45, 7) is 2.84. The van der Waals surface area contributed by atoms with E-state index in [0.717, 1.165) is 30.2 Å². The van der Waals surface area contributed by atoms with Crippen LogP contribution in [0.4, 0.5) is 0 Å². The fourth-order valence-electron chi connectivity index (χ4n) is 3.92. The van der Waals surface area contributed by atoms with Gasteiger partial charge in [-0.1, -0.05) is 37.6 Å². The Bertz CT molecular complexity index is 468. The average molecular weight is 273 g/mol. The van der Waals surface area contributed by atoms with Crippen LogP contribution in [0.25, 0.3) is 0 Å². The van der Waals surface area contributed by atoms with Gasteiger partial charge in [-0.3, -0.25) is 0 Å². The maximum atomic E-state index is 10.9. The van der Waals surface area contributed by atoms with Gasteiger partial charge in [0.2, 0.25) is 0 Å². The second-order valence-electron chi connectivity index (χ2n) is 6.93. The first kappa shape index (κ1) is 14.1. The van der Waals surface area contributed by atoms with Crippen LogP contribution in [-0.2, 0) is 0 Å². The van der Waals surface area contributed by atoms with Crippen molar-refractivity contribution in [2.45, 2.75) is 57.5 Å². The number of hydrogen-bond donors (Lipinski definition) is 2. The summed E-state index contributed by atoms with van der Waals surface area (Å²) in [5, 5.41) is 10.9. The van der Waals surface area contributed by atoms with E-state index in [0.29, 0.717) is 6.54 Å². The molecule has 2 heteroatoms. The fourth-order valence-corrected chi connectivity index (χ4v) is 3.92. The first-order valence-electron chi connectivity index (χ1n) is 8.16. The first-order valence-corrected chi connectivity index (χ1v) is 8.16. The zero-order valence-electron chi connectivity index (χ0n) is 12.5. The Morgan fingerprint density at radius 2 is 2.15 bits per heavy atom. The predicted octanol–water partition coefficient (Wildman–Crippen LogP) is 3.75. The van der Waals surface area contributed by atoms with Crippen molar-refractivity contribution < 1.29 is 5.11 Å². The molecule has 1 aromatic carbocycles. The molecule has 1 aromatic rings. The summed E-state index contributed by atoms with van der Waals surface area (Å²) in [5.41, 5.74) is 8.46. The fraction of sp³-hybridized carbons (Fsp3) is 0.667. The summed E-state index contributed by atoms with van der Waals surface area (Å²) in [5.74, 6) is 1.47. The van der Waals surface area contributed by atoms with Gasteiger partial charge in [-0.2, -0.15) is 0 Å². The number of rotatable bonds is 5. The minimum atomic E-state index is -0.400. The van der Waals surface area contributed by atoms with Crippen LogP contribution in [0.1, 0.15) is 68.6 Å². The number of aliphatic hydroxyl groups excluding tert-OH is 1. The lowest BCUT2D eigenvalue weighted by Gasteiger charge is -2.34. The molecule has 0 aromatic heterocycles. The monoisotopic (exact) mass is 273 g/mol. The van der Waals surface area contributed by atoms with E-state index >= 15 is 0 Å². The molecule has 3 N–H and O–H groups in total. The molecule has 2 nitrogen and oxygen atoms in total. The Balaban J connectivity index is 1.83. The van der Waals surface area contributed by atoms with Crippen LogP contribution >= 0.6 is 0 Å². The van der Waals surface area contributed by atoms with E-state index in [9.17, 15) is 5.11 Å². The van der Waals surface area contributed by atoms with Gasteiger partial charge in [0.1, 0.15) is 0 Å². The minimum Gasteiger partial charge on any atom is -0.388 e. The largest absolute Gasteiger partial charge is 0.388 e. The van der Waals surface area contributed by atoms with E-state index < -0.39 is 6.10 Å². The van der Waals surface area contributed by atoms with Gasteiger partial charge in [0.25, 0.3) is 0 Å². The van der Waals surface area contributed by atoms with Crippen molar-refractivity contribution in [3.8, 4) is 0 Å². The van der Waals surface area contributed by atoms with Crippen molar-refractivity contribution in [2.24, 2.45) is 17.1 Å². The highest BCUT2D eigenvalue weighted by Crippen LogP contribution is 2.50. The van der Waals surface area contributed by atoms with Crippen LogP contribution in [0, 0.1) is 11.3 Å². The van der Waals surface area contributed by atoms with Crippen molar-refractivity contribution in [1.82, 2.24) is 0 Å². The minimum absolute atomic E-state index is 0.0944. The Morgan fingerprint density at radius 3 is 2.75 bits per heavy atom. The van der Waals surface area contributed by atoms with Crippen molar-refractivity contribution in [1.29, 1.82) is 0 Å². The number of hydrogen-bond acceptors (Lipinski definition) is 2. The molecule has 0 bridgehead atoms. The third kappa shape index (κ3) is 2.51. The van der Waals surface area contributed by atoms with E-state index in [4.69, 9.17) is 5.73 Å². The lowest BCUT2D eigenvalue weighted by Crippen LogP contribution is -2.34. The molecular weight excluding hydrogens is 246 g/mol. The molecule has 0 spiro atoms. The standard InChI is InChI=1S/C18H27NO/c1-2-13-8-9-18(11-13,12-19)17(20)16-5-3-4-15(10-16)14-6-7-14/h3-5,10,13-14,17,20H,2,6-9,11-12,19H2,1H3. The van der Waals surface area contributed by atoms with Gasteiger partial charge >= 0.3 is 0 Å². The average Bonchev–Trinajstić information content (AvgIpc) is 3.26. The zero-order chi connectivity index (χ0) is 14.2. The SMILES string of the molecule is CCC1CCC(CN)(C(O)c2cccc(C3CC3)c2)C1. The Hall–Kier alpha value is -0.860. The smallest absolute Gasteiger partial charge is 0.0858 e. The molecule has 110 valence electrons. The van der Waals surface area contributed by atoms with E-state index in [2.05, 4.69) is 31.2 Å². The number of aliphatic hydroxyl groups is 1. The molecule has 0 amide bonds. The van der Waals surface area contributed by atoms with E-state index in [1.807, 2.05) is 0 Å². The normalized spacial score (nSPS) is 31.4. The molecule has 2 saturated carbocycles. The third-order valence-electron chi connectivity index (χ3n) is 5.58. The van der Waals surface area contributed by atoms with Crippen LogP contribution in [0.5, 0.6) is 0 Å². The van der Waals surface area contributed by atoms with Gasteiger partial charge in [0, 0.05) is 12.0 Å². The molecule has 0 saturated heterocycles. The maximum Gasteiger partial charge on any atom is 0.0858 e. The predicted molar refractivity (Wildman–Crippen MR) is 82.5 cm³/mol. The van der Waals surface area contributed by atoms with E-state index in [-0.39, 0.29) is 5.41 Å². The molecule has 2 aliphatic rings. The van der Waals surface area contributed by atoms with Crippen LogP contribution in [0.3, 0.4) is 0 Å². The number of benzene rings is 1. The number of nitrogens with two attached hydrogens (primary N) is 1. The molecule has 0 heterocycles. The van der Waals surface area contributed by atoms with Crippen LogP contribution in [-0.4, -0.2) is 11.7 Å². The Kier molecular flexibility index (Phi) is 3.87. The topological polar surface area (TPSA) is 46.2 Å². The highest BCUT2D eigenvalue weighted by atomic mass is 16.3. The molecule has 20 heavy (non-hydrogen) atoms. The molecule has 3 rings (SSSR count). The molecule has 2 fully saturated rings. The van der Waals surface area contributed by atoms with Crippen molar-refractivity contribution in [3.05, 3.63) is 35.4 Å². The molecular formula is C18H27NO. The van der Waals surface area contributed by atoms with Gasteiger partial charge in [0.15, 0.2) is 0 Å². The summed E-state index contributed by atoms with van der Waals surface area (Å²) in [6.07, 6.45) is 6.77. The van der Waals surface area contributed by atoms with Crippen LogP contribution in [0.15, 0.2) is 24.3 Å². The third-order valence-corrected chi connectivity index (χ3v) is 5.58. The van der Waals surface area contributed by atoms with Crippen molar-refractivity contribution >= 4 is 0 Å². The Morgan fingerprint density at radius 1 is 1.35 bits per heavy atom. The van der Waals surface area contributed by atoms with Crippen molar-refractivity contribution in [3.63, 3.8) is 0 Å². The van der Waals surface area contributed by atoms with Gasteiger partial charge < -0.3 is 10.8 Å².